The van der Waals surface area contributed by atoms with Crippen LogP contribution in [-0.2, 0) is 6.61 Å². The maximum absolute atomic E-state index is 13.8. The van der Waals surface area contributed by atoms with Crippen molar-refractivity contribution in [1.82, 2.24) is 0 Å². The first kappa shape index (κ1) is 12.4. The van der Waals surface area contributed by atoms with Crippen molar-refractivity contribution in [3.63, 3.8) is 0 Å². The van der Waals surface area contributed by atoms with E-state index in [2.05, 4.69) is 22.6 Å². The van der Waals surface area contributed by atoms with Crippen molar-refractivity contribution < 1.29 is 9.13 Å². The topological polar surface area (TPSA) is 9.23 Å². The fourth-order valence-electron chi connectivity index (χ4n) is 1.48. The van der Waals surface area contributed by atoms with Gasteiger partial charge in [-0.2, -0.15) is 0 Å². The lowest BCUT2D eigenvalue weighted by atomic mass is 10.2. The van der Waals surface area contributed by atoms with Crippen LogP contribution in [0.1, 0.15) is 11.1 Å². The summed E-state index contributed by atoms with van der Waals surface area (Å²) in [5.41, 5.74) is 1.67. The van der Waals surface area contributed by atoms with Gasteiger partial charge in [-0.25, -0.2) is 4.39 Å². The summed E-state index contributed by atoms with van der Waals surface area (Å²) in [6.45, 7) is 2.14. The van der Waals surface area contributed by atoms with Crippen molar-refractivity contribution in [3.8, 4) is 5.75 Å². The zero-order chi connectivity index (χ0) is 12.3. The lowest BCUT2D eigenvalue weighted by Gasteiger charge is -2.09. The highest BCUT2D eigenvalue weighted by molar-refractivity contribution is 14.1. The molecule has 0 fully saturated rings. The van der Waals surface area contributed by atoms with Crippen molar-refractivity contribution in [3.05, 3.63) is 63.0 Å². The lowest BCUT2D eigenvalue weighted by molar-refractivity contribution is 0.289. The minimum atomic E-state index is -0.271. The summed E-state index contributed by atoms with van der Waals surface area (Å²) in [5.74, 6) is 0.0413. The van der Waals surface area contributed by atoms with E-state index in [-0.39, 0.29) is 5.82 Å². The molecule has 3 heteroatoms. The minimum absolute atomic E-state index is 0.271. The highest BCUT2D eigenvalue weighted by Crippen LogP contribution is 2.25. The number of hydrogen-bond donors (Lipinski definition) is 0. The van der Waals surface area contributed by atoms with Gasteiger partial charge >= 0.3 is 0 Å². The van der Waals surface area contributed by atoms with Gasteiger partial charge in [-0.05, 0) is 47.2 Å². The normalized spacial score (nSPS) is 10.3. The monoisotopic (exact) mass is 342 g/mol. The minimum Gasteiger partial charge on any atom is -0.486 e. The predicted octanol–water partition coefficient (Wildman–Crippen LogP) is 4.32. The predicted molar refractivity (Wildman–Crippen MR) is 74.6 cm³/mol. The summed E-state index contributed by atoms with van der Waals surface area (Å²) in [4.78, 5) is 0. The van der Waals surface area contributed by atoms with Crippen LogP contribution < -0.4 is 4.74 Å². The molecular formula is C14H12FIO. The summed E-state index contributed by atoms with van der Waals surface area (Å²) >= 11 is 2.11. The van der Waals surface area contributed by atoms with Gasteiger partial charge in [-0.15, -0.1) is 0 Å². The van der Waals surface area contributed by atoms with Crippen LogP contribution in [0.15, 0.2) is 42.5 Å². The van der Waals surface area contributed by atoms with Gasteiger partial charge in [-0.3, -0.25) is 0 Å². The smallest absolute Gasteiger partial charge is 0.169 e. The Kier molecular flexibility index (Phi) is 3.99. The first-order valence-corrected chi connectivity index (χ1v) is 6.37. The van der Waals surface area contributed by atoms with Gasteiger partial charge < -0.3 is 4.74 Å². The molecule has 2 rings (SSSR count). The third kappa shape index (κ3) is 2.97. The van der Waals surface area contributed by atoms with Crippen molar-refractivity contribution in [1.29, 1.82) is 0 Å². The standard InChI is InChI=1S/C14H12FIO/c1-10-12(16)7-8-13(14(10)15)17-9-11-5-3-2-4-6-11/h2-8H,9H2,1H3. The Balaban J connectivity index is 2.13. The summed E-state index contributed by atoms with van der Waals surface area (Å²) < 4.78 is 20.2. The molecule has 17 heavy (non-hydrogen) atoms. The van der Waals surface area contributed by atoms with Crippen molar-refractivity contribution >= 4 is 22.6 Å². The molecule has 0 aliphatic carbocycles. The van der Waals surface area contributed by atoms with E-state index in [0.717, 1.165) is 9.13 Å². The van der Waals surface area contributed by atoms with Gasteiger partial charge in [0.15, 0.2) is 11.6 Å². The fraction of sp³-hybridized carbons (Fsp3) is 0.143. The highest BCUT2D eigenvalue weighted by atomic mass is 127. The van der Waals surface area contributed by atoms with Crippen LogP contribution in [0.4, 0.5) is 4.39 Å². The zero-order valence-electron chi connectivity index (χ0n) is 9.41. The van der Waals surface area contributed by atoms with Gasteiger partial charge in [0.2, 0.25) is 0 Å². The van der Waals surface area contributed by atoms with Crippen molar-refractivity contribution in [2.45, 2.75) is 13.5 Å². The summed E-state index contributed by atoms with van der Waals surface area (Å²) in [6, 6.07) is 13.3. The fourth-order valence-corrected chi connectivity index (χ4v) is 1.90. The van der Waals surface area contributed by atoms with E-state index in [9.17, 15) is 4.39 Å². The summed E-state index contributed by atoms with van der Waals surface area (Å²) in [6.07, 6.45) is 0. The number of ether oxygens (including phenoxy) is 1. The third-order valence-corrected chi connectivity index (χ3v) is 3.69. The third-order valence-electron chi connectivity index (χ3n) is 2.52. The SMILES string of the molecule is Cc1c(I)ccc(OCc2ccccc2)c1F. The van der Waals surface area contributed by atoms with Crippen molar-refractivity contribution in [2.24, 2.45) is 0 Å². The maximum Gasteiger partial charge on any atom is 0.169 e. The van der Waals surface area contributed by atoms with E-state index >= 15 is 0 Å². The van der Waals surface area contributed by atoms with Gasteiger partial charge in [0, 0.05) is 9.13 Å². The summed E-state index contributed by atoms with van der Waals surface area (Å²) in [7, 11) is 0. The Bertz CT molecular complexity index is 511. The molecule has 0 saturated carbocycles. The number of halogens is 2. The van der Waals surface area contributed by atoms with E-state index in [4.69, 9.17) is 4.74 Å². The lowest BCUT2D eigenvalue weighted by Crippen LogP contribution is -1.99. The Hall–Kier alpha value is -1.10. The maximum atomic E-state index is 13.8. The molecule has 0 bridgehead atoms. The van der Waals surface area contributed by atoms with Crippen molar-refractivity contribution in [2.75, 3.05) is 0 Å². The molecular weight excluding hydrogens is 330 g/mol. The molecule has 0 amide bonds. The second-order valence-corrected chi connectivity index (χ2v) is 4.92. The molecule has 1 nitrogen and oxygen atoms in total. The Labute approximate surface area is 114 Å². The molecule has 0 spiro atoms. The van der Waals surface area contributed by atoms with E-state index in [0.29, 0.717) is 17.9 Å². The van der Waals surface area contributed by atoms with Crippen LogP contribution in [0.25, 0.3) is 0 Å². The van der Waals surface area contributed by atoms with Crippen LogP contribution in [0, 0.1) is 16.3 Å². The largest absolute Gasteiger partial charge is 0.486 e. The van der Waals surface area contributed by atoms with E-state index in [1.165, 1.54) is 0 Å². The average molecular weight is 342 g/mol. The van der Waals surface area contributed by atoms with Crippen LogP contribution >= 0.6 is 22.6 Å². The molecule has 2 aromatic carbocycles. The molecule has 0 radical (unpaired) electrons. The number of rotatable bonds is 3. The van der Waals surface area contributed by atoms with E-state index in [1.54, 1.807) is 13.0 Å². The molecule has 0 heterocycles. The molecule has 0 N–H and O–H groups in total. The first-order valence-electron chi connectivity index (χ1n) is 5.30. The number of benzene rings is 2. The Morgan fingerprint density at radius 3 is 2.53 bits per heavy atom. The zero-order valence-corrected chi connectivity index (χ0v) is 11.6. The average Bonchev–Trinajstić information content (AvgIpc) is 2.36. The molecule has 0 atom stereocenters. The highest BCUT2D eigenvalue weighted by Gasteiger charge is 2.09. The summed E-state index contributed by atoms with van der Waals surface area (Å²) in [5, 5.41) is 0. The molecule has 0 saturated heterocycles. The van der Waals surface area contributed by atoms with Crippen LogP contribution in [0.5, 0.6) is 5.75 Å². The van der Waals surface area contributed by atoms with Gasteiger partial charge in [0.25, 0.3) is 0 Å². The van der Waals surface area contributed by atoms with Gasteiger partial charge in [0.1, 0.15) is 6.61 Å². The molecule has 0 aliphatic rings. The number of hydrogen-bond acceptors (Lipinski definition) is 1. The second-order valence-electron chi connectivity index (χ2n) is 3.76. The van der Waals surface area contributed by atoms with Crippen LogP contribution in [-0.4, -0.2) is 0 Å². The van der Waals surface area contributed by atoms with Crippen LogP contribution in [0.3, 0.4) is 0 Å². The quantitative estimate of drug-likeness (QED) is 0.755. The molecule has 0 aliphatic heterocycles. The first-order chi connectivity index (χ1) is 8.18. The second kappa shape index (κ2) is 5.49. The van der Waals surface area contributed by atoms with Gasteiger partial charge in [-0.1, -0.05) is 30.3 Å². The molecule has 2 aromatic rings. The Morgan fingerprint density at radius 1 is 1.12 bits per heavy atom. The Morgan fingerprint density at radius 2 is 1.82 bits per heavy atom. The van der Waals surface area contributed by atoms with E-state index < -0.39 is 0 Å². The van der Waals surface area contributed by atoms with Crippen LogP contribution in [0.2, 0.25) is 0 Å². The van der Waals surface area contributed by atoms with E-state index in [1.807, 2.05) is 36.4 Å². The molecule has 0 aromatic heterocycles. The molecule has 0 unspecified atom stereocenters. The molecule has 88 valence electrons. The van der Waals surface area contributed by atoms with Gasteiger partial charge in [0.05, 0.1) is 0 Å².